The van der Waals surface area contributed by atoms with Gasteiger partial charge in [0.05, 0.1) is 29.0 Å². The molecule has 1 atom stereocenters. The van der Waals surface area contributed by atoms with E-state index in [1.165, 1.54) is 24.0 Å². The van der Waals surface area contributed by atoms with Crippen molar-refractivity contribution >= 4 is 34.3 Å². The van der Waals surface area contributed by atoms with Crippen LogP contribution in [-0.4, -0.2) is 22.2 Å². The third-order valence-electron chi connectivity index (χ3n) is 7.46. The summed E-state index contributed by atoms with van der Waals surface area (Å²) in [6, 6.07) is 13.9. The first-order chi connectivity index (χ1) is 18.7. The van der Waals surface area contributed by atoms with Crippen molar-refractivity contribution in [3.05, 3.63) is 114 Å². The number of hydrogen-bond donors (Lipinski definition) is 0. The number of aromatic nitrogens is 2. The first-order valence-corrected chi connectivity index (χ1v) is 13.9. The molecular weight excluding hydrogens is 506 g/mol. The molecule has 0 aliphatic carbocycles. The van der Waals surface area contributed by atoms with Crippen LogP contribution in [0.4, 0.5) is 0 Å². The quantitative estimate of drug-likeness (QED) is 0.247. The first kappa shape index (κ1) is 26.6. The maximum atomic E-state index is 14.1. The minimum atomic E-state index is -0.623. The smallest absolute Gasteiger partial charge is 0.338 e. The summed E-state index contributed by atoms with van der Waals surface area (Å²) < 4.78 is 9.57. The Morgan fingerprint density at radius 2 is 1.87 bits per heavy atom. The second kappa shape index (κ2) is 10.3. The van der Waals surface area contributed by atoms with Gasteiger partial charge < -0.3 is 9.30 Å². The zero-order chi connectivity index (χ0) is 28.0. The molecule has 0 N–H and O–H groups in total. The second-order valence-electron chi connectivity index (χ2n) is 10.3. The molecule has 0 bridgehead atoms. The van der Waals surface area contributed by atoms with E-state index < -0.39 is 12.0 Å². The normalized spacial score (nSPS) is 15.6. The van der Waals surface area contributed by atoms with Crippen LogP contribution in [0.2, 0.25) is 0 Å². The molecule has 5 rings (SSSR count). The van der Waals surface area contributed by atoms with Gasteiger partial charge in [0, 0.05) is 28.7 Å². The Morgan fingerprint density at radius 1 is 1.15 bits per heavy atom. The van der Waals surface area contributed by atoms with Crippen LogP contribution < -0.4 is 14.9 Å². The summed E-state index contributed by atoms with van der Waals surface area (Å²) >= 11 is 1.34. The van der Waals surface area contributed by atoms with Gasteiger partial charge in [-0.1, -0.05) is 67.2 Å². The molecule has 2 aromatic heterocycles. The number of methoxy groups -OCH3 is 1. The Kier molecular flexibility index (Phi) is 7.03. The van der Waals surface area contributed by atoms with Gasteiger partial charge >= 0.3 is 5.97 Å². The summed E-state index contributed by atoms with van der Waals surface area (Å²) in [5.41, 5.74) is 7.11. The lowest BCUT2D eigenvalue weighted by atomic mass is 9.93. The average molecular weight is 540 g/mol. The van der Waals surface area contributed by atoms with E-state index in [0.717, 1.165) is 33.3 Å². The van der Waals surface area contributed by atoms with Crippen molar-refractivity contribution in [3.8, 4) is 0 Å². The van der Waals surface area contributed by atoms with Crippen molar-refractivity contribution in [3.63, 3.8) is 0 Å². The Balaban J connectivity index is 1.77. The monoisotopic (exact) mass is 539 g/mol. The number of carbonyl (C=O) groups is 1. The van der Waals surface area contributed by atoms with Gasteiger partial charge in [-0.25, -0.2) is 9.79 Å². The lowest BCUT2D eigenvalue weighted by molar-refractivity contribution is -0.136. The molecule has 0 saturated carbocycles. The van der Waals surface area contributed by atoms with Crippen LogP contribution in [-0.2, 0) is 16.1 Å². The Bertz CT molecular complexity index is 1830. The largest absolute Gasteiger partial charge is 0.466 e. The number of fused-ring (bicyclic) bond motifs is 2. The van der Waals surface area contributed by atoms with E-state index in [1.807, 2.05) is 24.3 Å². The molecule has 0 spiro atoms. The highest BCUT2D eigenvalue weighted by molar-refractivity contribution is 7.07. The average Bonchev–Trinajstić information content (AvgIpc) is 3.35. The Labute approximate surface area is 231 Å². The van der Waals surface area contributed by atoms with Crippen molar-refractivity contribution in [2.24, 2.45) is 4.99 Å². The number of benzene rings is 2. The molecule has 200 valence electrons. The fraction of sp³-hybridized carbons (Fsp3) is 0.281. The van der Waals surface area contributed by atoms with Crippen LogP contribution >= 0.6 is 11.3 Å². The standard InChI is InChI=1S/C32H33N3O3S/c1-8-15-34-21(6)24(25-16-19(4)9-14-26(25)34)17-27-30(36)35-29(23-12-10-22(11-13-23)18(2)3)28(31(37)38-7)20(5)33-32(35)39-27/h8-14,16-18,29H,1,15H2,2-7H3/b27-17-/t29-/m1/s1. The van der Waals surface area contributed by atoms with E-state index in [-0.39, 0.29) is 5.56 Å². The molecule has 0 unspecified atom stereocenters. The highest BCUT2D eigenvalue weighted by Crippen LogP contribution is 2.32. The summed E-state index contributed by atoms with van der Waals surface area (Å²) in [6.07, 6.45) is 3.85. The van der Waals surface area contributed by atoms with Gasteiger partial charge in [0.25, 0.3) is 5.56 Å². The second-order valence-corrected chi connectivity index (χ2v) is 11.3. The maximum absolute atomic E-state index is 14.1. The van der Waals surface area contributed by atoms with Crippen LogP contribution in [0, 0.1) is 13.8 Å². The molecule has 0 amide bonds. The van der Waals surface area contributed by atoms with Gasteiger partial charge in [0.2, 0.25) is 0 Å². The zero-order valence-corrected chi connectivity index (χ0v) is 24.1. The molecule has 1 aliphatic heterocycles. The fourth-order valence-corrected chi connectivity index (χ4v) is 6.40. The van der Waals surface area contributed by atoms with Gasteiger partial charge in [-0.3, -0.25) is 9.36 Å². The summed E-state index contributed by atoms with van der Waals surface area (Å²) in [5.74, 6) is -0.115. The van der Waals surface area contributed by atoms with Gasteiger partial charge in [-0.2, -0.15) is 0 Å². The summed E-state index contributed by atoms with van der Waals surface area (Å²) in [5, 5.41) is 1.09. The number of thiazole rings is 1. The molecule has 4 aromatic rings. The lowest BCUT2D eigenvalue weighted by Gasteiger charge is -2.24. The van der Waals surface area contributed by atoms with E-state index in [1.54, 1.807) is 11.5 Å². The van der Waals surface area contributed by atoms with Crippen LogP contribution in [0.15, 0.2) is 76.2 Å². The van der Waals surface area contributed by atoms with E-state index in [2.05, 4.69) is 69.2 Å². The van der Waals surface area contributed by atoms with Crippen LogP contribution in [0.3, 0.4) is 0 Å². The van der Waals surface area contributed by atoms with Crippen LogP contribution in [0.1, 0.15) is 60.7 Å². The van der Waals surface area contributed by atoms with Gasteiger partial charge in [-0.15, -0.1) is 6.58 Å². The molecule has 6 nitrogen and oxygen atoms in total. The predicted molar refractivity (Wildman–Crippen MR) is 158 cm³/mol. The topological polar surface area (TPSA) is 65.6 Å². The van der Waals surface area contributed by atoms with Gasteiger partial charge in [0.1, 0.15) is 0 Å². The van der Waals surface area contributed by atoms with Gasteiger partial charge in [-0.05, 0) is 56.0 Å². The minimum Gasteiger partial charge on any atom is -0.466 e. The Morgan fingerprint density at radius 3 is 2.51 bits per heavy atom. The SMILES string of the molecule is C=CCn1c(C)c(/C=c2\sc3n(c2=O)[C@H](c2ccc(C(C)C)cc2)C(C(=O)OC)=C(C)N=3)c2cc(C)ccc21. The third kappa shape index (κ3) is 4.51. The number of allylic oxidation sites excluding steroid dienone is 2. The third-order valence-corrected chi connectivity index (χ3v) is 8.44. The number of ether oxygens (including phenoxy) is 1. The maximum Gasteiger partial charge on any atom is 0.338 e. The van der Waals surface area contributed by atoms with E-state index in [4.69, 9.17) is 9.73 Å². The van der Waals surface area contributed by atoms with Crippen LogP contribution in [0.25, 0.3) is 17.0 Å². The molecule has 0 radical (unpaired) electrons. The molecule has 7 heteroatoms. The number of aryl methyl sites for hydroxylation is 1. The zero-order valence-electron chi connectivity index (χ0n) is 23.2. The van der Waals surface area contributed by atoms with Crippen molar-refractivity contribution in [1.82, 2.24) is 9.13 Å². The predicted octanol–water partition coefficient (Wildman–Crippen LogP) is 5.29. The molecule has 0 saturated heterocycles. The van der Waals surface area contributed by atoms with E-state index >= 15 is 0 Å². The van der Waals surface area contributed by atoms with Crippen molar-refractivity contribution in [2.75, 3.05) is 7.11 Å². The highest BCUT2D eigenvalue weighted by Gasteiger charge is 2.33. The number of rotatable bonds is 6. The fourth-order valence-electron chi connectivity index (χ4n) is 5.37. The first-order valence-electron chi connectivity index (χ1n) is 13.1. The lowest BCUT2D eigenvalue weighted by Crippen LogP contribution is -2.39. The number of carbonyl (C=O) groups excluding carboxylic acids is 1. The summed E-state index contributed by atoms with van der Waals surface area (Å²) in [4.78, 5) is 32.3. The molecule has 3 heterocycles. The highest BCUT2D eigenvalue weighted by atomic mass is 32.1. The van der Waals surface area contributed by atoms with Crippen molar-refractivity contribution in [1.29, 1.82) is 0 Å². The van der Waals surface area contributed by atoms with Gasteiger partial charge in [0.15, 0.2) is 4.80 Å². The van der Waals surface area contributed by atoms with Crippen molar-refractivity contribution < 1.29 is 9.53 Å². The molecular formula is C32H33N3O3S. The molecule has 39 heavy (non-hydrogen) atoms. The van der Waals surface area contributed by atoms with E-state index in [0.29, 0.717) is 33.1 Å². The van der Waals surface area contributed by atoms with Crippen molar-refractivity contribution in [2.45, 2.75) is 53.1 Å². The molecule has 2 aromatic carbocycles. The number of hydrogen-bond acceptors (Lipinski definition) is 5. The summed E-state index contributed by atoms with van der Waals surface area (Å²) in [7, 11) is 1.36. The number of nitrogens with zero attached hydrogens (tertiary/aromatic N) is 3. The number of esters is 1. The van der Waals surface area contributed by atoms with E-state index in [9.17, 15) is 9.59 Å². The molecule has 0 fully saturated rings. The summed E-state index contributed by atoms with van der Waals surface area (Å²) in [6.45, 7) is 14.8. The Hall–Kier alpha value is -3.97. The minimum absolute atomic E-state index is 0.178. The van der Waals surface area contributed by atoms with Crippen LogP contribution in [0.5, 0.6) is 0 Å². The molecule has 1 aliphatic rings.